The van der Waals surface area contributed by atoms with E-state index in [9.17, 15) is 18.8 Å². The number of amides is 2. The minimum Gasteiger partial charge on any atom is -0.365 e. The summed E-state index contributed by atoms with van der Waals surface area (Å²) < 4.78 is 19.7. The highest BCUT2D eigenvalue weighted by molar-refractivity contribution is 5.99. The largest absolute Gasteiger partial charge is 0.365 e. The minimum atomic E-state index is -1.38. The van der Waals surface area contributed by atoms with E-state index in [4.69, 9.17) is 4.74 Å². The molecule has 29 heavy (non-hydrogen) atoms. The maximum absolute atomic E-state index is 14.4. The number of hydrogen-bond donors (Lipinski definition) is 1. The standard InChI is InChI=1S/C22H27FN2O4/c1-13-7-9-14(10-8-13)18(24-21(27)15-5-3-2-4-6-15)22(28)25-11-16(23)20-19(25)17(26)12-29-20/h2-6,13-14,16,18-20H,7-12H2,1H3,(H,24,27)/t13?,14?,16-,18?,19-,20-/m1/s1. The molecular weight excluding hydrogens is 375 g/mol. The zero-order valence-corrected chi connectivity index (χ0v) is 16.6. The Balaban J connectivity index is 1.57. The number of benzene rings is 1. The molecule has 2 aliphatic heterocycles. The van der Waals surface area contributed by atoms with Crippen molar-refractivity contribution in [1.82, 2.24) is 10.2 Å². The highest BCUT2D eigenvalue weighted by Crippen LogP contribution is 2.34. The third-order valence-electron chi connectivity index (χ3n) is 6.53. The lowest BCUT2D eigenvalue weighted by molar-refractivity contribution is -0.139. The Morgan fingerprint density at radius 2 is 1.86 bits per heavy atom. The predicted octanol–water partition coefficient (Wildman–Crippen LogP) is 2.13. The zero-order chi connectivity index (χ0) is 20.5. The minimum absolute atomic E-state index is 0.0269. The van der Waals surface area contributed by atoms with Crippen molar-refractivity contribution in [3.05, 3.63) is 35.9 Å². The molecule has 1 N–H and O–H groups in total. The van der Waals surface area contributed by atoms with Gasteiger partial charge in [0.1, 0.15) is 31.0 Å². The van der Waals surface area contributed by atoms with Crippen LogP contribution in [0.3, 0.4) is 0 Å². The molecule has 3 fully saturated rings. The van der Waals surface area contributed by atoms with Crippen molar-refractivity contribution in [1.29, 1.82) is 0 Å². The first kappa shape index (κ1) is 20.0. The van der Waals surface area contributed by atoms with E-state index in [0.717, 1.165) is 25.7 Å². The molecule has 3 aliphatic rings. The van der Waals surface area contributed by atoms with Gasteiger partial charge in [-0.1, -0.05) is 38.0 Å². The number of ether oxygens (including phenoxy) is 1. The molecule has 1 aromatic rings. The molecular formula is C22H27FN2O4. The summed E-state index contributed by atoms with van der Waals surface area (Å²) in [6.45, 7) is 1.85. The van der Waals surface area contributed by atoms with Gasteiger partial charge >= 0.3 is 0 Å². The fraction of sp³-hybridized carbons (Fsp3) is 0.591. The van der Waals surface area contributed by atoms with Crippen molar-refractivity contribution in [2.75, 3.05) is 13.2 Å². The van der Waals surface area contributed by atoms with Gasteiger partial charge in [-0.3, -0.25) is 14.4 Å². The summed E-state index contributed by atoms with van der Waals surface area (Å²) in [4.78, 5) is 39.8. The number of fused-ring (bicyclic) bond motifs is 1. The van der Waals surface area contributed by atoms with Crippen LogP contribution in [-0.2, 0) is 14.3 Å². The van der Waals surface area contributed by atoms with Crippen molar-refractivity contribution in [3.8, 4) is 0 Å². The maximum atomic E-state index is 14.4. The molecule has 0 aromatic heterocycles. The molecule has 0 spiro atoms. The van der Waals surface area contributed by atoms with E-state index in [0.29, 0.717) is 11.5 Å². The number of ketones is 1. The Kier molecular flexibility index (Phi) is 5.67. The summed E-state index contributed by atoms with van der Waals surface area (Å²) in [5, 5.41) is 2.90. The van der Waals surface area contributed by atoms with E-state index in [1.165, 1.54) is 4.90 Å². The number of carbonyl (C=O) groups excluding carboxylic acids is 3. The first-order valence-corrected chi connectivity index (χ1v) is 10.4. The second-order valence-electron chi connectivity index (χ2n) is 8.53. The fourth-order valence-electron chi connectivity index (χ4n) is 4.82. The number of hydrogen-bond acceptors (Lipinski definition) is 4. The lowest BCUT2D eigenvalue weighted by atomic mass is 9.78. The van der Waals surface area contributed by atoms with Gasteiger partial charge in [-0.05, 0) is 36.8 Å². The van der Waals surface area contributed by atoms with E-state index < -0.39 is 24.4 Å². The molecule has 1 aromatic carbocycles. The Hall–Kier alpha value is -2.28. The molecule has 7 heteroatoms. The van der Waals surface area contributed by atoms with Crippen LogP contribution in [0.25, 0.3) is 0 Å². The van der Waals surface area contributed by atoms with E-state index >= 15 is 0 Å². The van der Waals surface area contributed by atoms with Crippen molar-refractivity contribution >= 4 is 17.6 Å². The molecule has 4 atom stereocenters. The fourth-order valence-corrected chi connectivity index (χ4v) is 4.82. The van der Waals surface area contributed by atoms with Gasteiger partial charge in [0.2, 0.25) is 5.91 Å². The van der Waals surface area contributed by atoms with Gasteiger partial charge in [0.05, 0.1) is 6.54 Å². The molecule has 2 saturated heterocycles. The van der Waals surface area contributed by atoms with Gasteiger partial charge < -0.3 is 15.0 Å². The number of nitrogens with one attached hydrogen (secondary N) is 1. The molecule has 2 heterocycles. The Morgan fingerprint density at radius 1 is 1.17 bits per heavy atom. The molecule has 0 bridgehead atoms. The monoisotopic (exact) mass is 402 g/mol. The number of rotatable bonds is 4. The van der Waals surface area contributed by atoms with Crippen LogP contribution in [0.15, 0.2) is 30.3 Å². The number of likely N-dealkylation sites (tertiary alicyclic amines) is 1. The first-order chi connectivity index (χ1) is 14.0. The maximum Gasteiger partial charge on any atom is 0.251 e. The van der Waals surface area contributed by atoms with E-state index in [2.05, 4.69) is 12.2 Å². The van der Waals surface area contributed by atoms with Crippen molar-refractivity contribution in [3.63, 3.8) is 0 Å². The lowest BCUT2D eigenvalue weighted by Gasteiger charge is -2.35. The highest BCUT2D eigenvalue weighted by Gasteiger charge is 2.54. The third kappa shape index (κ3) is 3.92. The van der Waals surface area contributed by atoms with Gasteiger partial charge in [-0.2, -0.15) is 0 Å². The van der Waals surface area contributed by atoms with Gasteiger partial charge in [-0.15, -0.1) is 0 Å². The van der Waals surface area contributed by atoms with Gasteiger partial charge in [0.15, 0.2) is 5.78 Å². The Morgan fingerprint density at radius 3 is 2.55 bits per heavy atom. The van der Waals surface area contributed by atoms with Crippen LogP contribution < -0.4 is 5.32 Å². The summed E-state index contributed by atoms with van der Waals surface area (Å²) in [6, 6.07) is 7.09. The number of carbonyl (C=O) groups is 3. The average molecular weight is 402 g/mol. The van der Waals surface area contributed by atoms with E-state index in [1.54, 1.807) is 24.3 Å². The second-order valence-corrected chi connectivity index (χ2v) is 8.53. The lowest BCUT2D eigenvalue weighted by Crippen LogP contribution is -2.55. The number of nitrogens with zero attached hydrogens (tertiary/aromatic N) is 1. The molecule has 1 saturated carbocycles. The molecule has 4 rings (SSSR count). The summed E-state index contributed by atoms with van der Waals surface area (Å²) in [7, 11) is 0. The van der Waals surface area contributed by atoms with Crippen molar-refractivity contribution in [2.45, 2.75) is 57.0 Å². The molecule has 156 valence electrons. The van der Waals surface area contributed by atoms with Crippen LogP contribution in [-0.4, -0.2) is 60.0 Å². The molecule has 1 aliphatic carbocycles. The summed E-state index contributed by atoms with van der Waals surface area (Å²) in [5.41, 5.74) is 0.470. The Bertz CT molecular complexity index is 778. The summed E-state index contributed by atoms with van der Waals surface area (Å²) in [6.07, 6.45) is 1.33. The first-order valence-electron chi connectivity index (χ1n) is 10.4. The van der Waals surface area contributed by atoms with Crippen LogP contribution in [0, 0.1) is 11.8 Å². The van der Waals surface area contributed by atoms with Gasteiger partial charge in [-0.25, -0.2) is 4.39 Å². The topological polar surface area (TPSA) is 75.7 Å². The number of alkyl halides is 1. The van der Waals surface area contributed by atoms with Crippen LogP contribution >= 0.6 is 0 Å². The van der Waals surface area contributed by atoms with Crippen LogP contribution in [0.1, 0.15) is 43.0 Å². The number of Topliss-reactive ketones (excluding diaryl/α,β-unsaturated/α-hetero) is 1. The Labute approximate surface area is 169 Å². The quantitative estimate of drug-likeness (QED) is 0.837. The smallest absolute Gasteiger partial charge is 0.251 e. The molecule has 0 radical (unpaired) electrons. The third-order valence-corrected chi connectivity index (χ3v) is 6.53. The molecule has 1 unspecified atom stereocenters. The van der Waals surface area contributed by atoms with Gasteiger partial charge in [0, 0.05) is 5.56 Å². The van der Waals surface area contributed by atoms with Gasteiger partial charge in [0.25, 0.3) is 5.91 Å². The van der Waals surface area contributed by atoms with Crippen LogP contribution in [0.5, 0.6) is 0 Å². The SMILES string of the molecule is CC1CCC(C(NC(=O)c2ccccc2)C(=O)N2C[C@@H](F)[C@H]3OCC(=O)[C@H]32)CC1. The van der Waals surface area contributed by atoms with Crippen molar-refractivity contribution < 1.29 is 23.5 Å². The summed E-state index contributed by atoms with van der Waals surface area (Å²) >= 11 is 0. The zero-order valence-electron chi connectivity index (χ0n) is 16.6. The predicted molar refractivity (Wildman–Crippen MR) is 104 cm³/mol. The van der Waals surface area contributed by atoms with Crippen LogP contribution in [0.4, 0.5) is 4.39 Å². The average Bonchev–Trinajstić information content (AvgIpc) is 3.28. The molecule has 2 amide bonds. The van der Waals surface area contributed by atoms with E-state index in [-0.39, 0.29) is 36.7 Å². The molecule has 6 nitrogen and oxygen atoms in total. The number of halogens is 1. The van der Waals surface area contributed by atoms with Crippen LogP contribution in [0.2, 0.25) is 0 Å². The van der Waals surface area contributed by atoms with Crippen molar-refractivity contribution in [2.24, 2.45) is 11.8 Å². The normalized spacial score (nSPS) is 32.7. The second kappa shape index (κ2) is 8.22. The summed E-state index contributed by atoms with van der Waals surface area (Å²) in [5.74, 6) is -0.412. The highest BCUT2D eigenvalue weighted by atomic mass is 19.1. The van der Waals surface area contributed by atoms with E-state index in [1.807, 2.05) is 6.07 Å².